The molecule has 1 heterocycles. The quantitative estimate of drug-likeness (QED) is 0.709. The van der Waals surface area contributed by atoms with E-state index in [0.29, 0.717) is 6.61 Å². The lowest BCUT2D eigenvalue weighted by Crippen LogP contribution is -2.36. The van der Waals surface area contributed by atoms with Gasteiger partial charge in [0.15, 0.2) is 5.69 Å². The SMILES string of the molecule is COCC(C)NC(=O)c1nn(C)cc1C(N)=O. The number of carbonyl (C=O) groups is 2. The topological polar surface area (TPSA) is 99.2 Å². The molecular formula is C10H16N4O3. The molecule has 1 atom stereocenters. The predicted octanol–water partition coefficient (Wildman–Crippen LogP) is -0.716. The molecule has 94 valence electrons. The molecule has 17 heavy (non-hydrogen) atoms. The lowest BCUT2D eigenvalue weighted by atomic mass is 10.2. The summed E-state index contributed by atoms with van der Waals surface area (Å²) < 4.78 is 6.26. The van der Waals surface area contributed by atoms with Gasteiger partial charge >= 0.3 is 0 Å². The molecule has 1 rings (SSSR count). The largest absolute Gasteiger partial charge is 0.383 e. The molecule has 0 fully saturated rings. The highest BCUT2D eigenvalue weighted by Crippen LogP contribution is 2.05. The lowest BCUT2D eigenvalue weighted by molar-refractivity contribution is 0.0890. The van der Waals surface area contributed by atoms with Crippen molar-refractivity contribution in [3.05, 3.63) is 17.5 Å². The molecule has 7 nitrogen and oxygen atoms in total. The van der Waals surface area contributed by atoms with Crippen molar-refractivity contribution in [3.8, 4) is 0 Å². The summed E-state index contributed by atoms with van der Waals surface area (Å²) in [6.07, 6.45) is 1.41. The van der Waals surface area contributed by atoms with Gasteiger partial charge in [0.05, 0.1) is 12.2 Å². The van der Waals surface area contributed by atoms with Crippen LogP contribution in [0.4, 0.5) is 0 Å². The maximum atomic E-state index is 11.8. The molecule has 0 aromatic carbocycles. The molecule has 0 saturated carbocycles. The minimum Gasteiger partial charge on any atom is -0.383 e. The predicted molar refractivity (Wildman–Crippen MR) is 60.5 cm³/mol. The summed E-state index contributed by atoms with van der Waals surface area (Å²) in [6.45, 7) is 2.17. The van der Waals surface area contributed by atoms with Gasteiger partial charge in [-0.1, -0.05) is 0 Å². The lowest BCUT2D eigenvalue weighted by Gasteiger charge is -2.11. The Morgan fingerprint density at radius 1 is 1.65 bits per heavy atom. The Hall–Kier alpha value is -1.89. The second-order valence-corrected chi connectivity index (χ2v) is 3.76. The van der Waals surface area contributed by atoms with Crippen LogP contribution in [0.15, 0.2) is 6.20 Å². The van der Waals surface area contributed by atoms with E-state index in [1.54, 1.807) is 14.0 Å². The maximum Gasteiger partial charge on any atom is 0.272 e. The van der Waals surface area contributed by atoms with E-state index in [2.05, 4.69) is 10.4 Å². The van der Waals surface area contributed by atoms with Crippen LogP contribution in [0.5, 0.6) is 0 Å². The summed E-state index contributed by atoms with van der Waals surface area (Å²) in [7, 11) is 3.15. The number of ether oxygens (including phenoxy) is 1. The number of hydrogen-bond donors (Lipinski definition) is 2. The van der Waals surface area contributed by atoms with Gasteiger partial charge in [0.25, 0.3) is 11.8 Å². The average Bonchev–Trinajstić information content (AvgIpc) is 2.60. The molecule has 0 spiro atoms. The van der Waals surface area contributed by atoms with Crippen molar-refractivity contribution >= 4 is 11.8 Å². The van der Waals surface area contributed by atoms with Crippen LogP contribution in [0, 0.1) is 0 Å². The molecule has 0 bridgehead atoms. The van der Waals surface area contributed by atoms with Gasteiger partial charge in [-0.05, 0) is 6.92 Å². The van der Waals surface area contributed by atoms with Crippen molar-refractivity contribution in [3.63, 3.8) is 0 Å². The van der Waals surface area contributed by atoms with Crippen LogP contribution in [0.2, 0.25) is 0 Å². The fraction of sp³-hybridized carbons (Fsp3) is 0.500. The van der Waals surface area contributed by atoms with Crippen LogP contribution in [-0.4, -0.2) is 41.4 Å². The first-order valence-corrected chi connectivity index (χ1v) is 5.09. The summed E-state index contributed by atoms with van der Waals surface area (Å²) in [5, 5.41) is 6.57. The third-order valence-electron chi connectivity index (χ3n) is 2.10. The molecule has 7 heteroatoms. The van der Waals surface area contributed by atoms with Gasteiger partial charge in [0.2, 0.25) is 0 Å². The summed E-state index contributed by atoms with van der Waals surface area (Å²) in [5.41, 5.74) is 5.29. The van der Waals surface area contributed by atoms with Crippen LogP contribution in [0.1, 0.15) is 27.8 Å². The van der Waals surface area contributed by atoms with E-state index < -0.39 is 11.8 Å². The van der Waals surface area contributed by atoms with E-state index in [9.17, 15) is 9.59 Å². The number of carbonyl (C=O) groups excluding carboxylic acids is 2. The number of methoxy groups -OCH3 is 1. The summed E-state index contributed by atoms with van der Waals surface area (Å²) in [6, 6.07) is -0.171. The van der Waals surface area contributed by atoms with Crippen molar-refractivity contribution in [1.29, 1.82) is 0 Å². The molecule has 3 N–H and O–H groups in total. The van der Waals surface area contributed by atoms with E-state index >= 15 is 0 Å². The number of primary amides is 1. The van der Waals surface area contributed by atoms with Gasteiger partial charge in [0, 0.05) is 26.4 Å². The monoisotopic (exact) mass is 240 g/mol. The molecule has 1 aromatic heterocycles. The number of rotatable bonds is 5. The van der Waals surface area contributed by atoms with Crippen molar-refractivity contribution in [2.45, 2.75) is 13.0 Å². The van der Waals surface area contributed by atoms with Crippen LogP contribution in [0.25, 0.3) is 0 Å². The number of amides is 2. The minimum atomic E-state index is -0.678. The second-order valence-electron chi connectivity index (χ2n) is 3.76. The highest BCUT2D eigenvalue weighted by molar-refractivity contribution is 6.05. The number of nitrogens with two attached hydrogens (primary N) is 1. The van der Waals surface area contributed by atoms with Crippen molar-refractivity contribution in [2.75, 3.05) is 13.7 Å². The Labute approximate surface area is 98.9 Å². The Morgan fingerprint density at radius 2 is 2.29 bits per heavy atom. The third-order valence-corrected chi connectivity index (χ3v) is 2.10. The normalized spacial score (nSPS) is 12.2. The van der Waals surface area contributed by atoms with E-state index in [4.69, 9.17) is 10.5 Å². The molecule has 0 radical (unpaired) electrons. The maximum absolute atomic E-state index is 11.8. The first-order valence-electron chi connectivity index (χ1n) is 5.09. The van der Waals surface area contributed by atoms with Gasteiger partial charge in [-0.2, -0.15) is 5.10 Å². The van der Waals surface area contributed by atoms with Crippen LogP contribution >= 0.6 is 0 Å². The zero-order chi connectivity index (χ0) is 13.0. The van der Waals surface area contributed by atoms with Gasteiger partial charge in [-0.3, -0.25) is 14.3 Å². The molecule has 0 aliphatic carbocycles. The molecule has 1 aromatic rings. The summed E-state index contributed by atoms with van der Waals surface area (Å²) >= 11 is 0. The highest BCUT2D eigenvalue weighted by atomic mass is 16.5. The number of nitrogens with zero attached hydrogens (tertiary/aromatic N) is 2. The fourth-order valence-corrected chi connectivity index (χ4v) is 1.42. The summed E-state index contributed by atoms with van der Waals surface area (Å²) in [5.74, 6) is -1.12. The molecule has 1 unspecified atom stereocenters. The Bertz CT molecular complexity index is 427. The Kier molecular flexibility index (Phi) is 4.22. The smallest absolute Gasteiger partial charge is 0.272 e. The average molecular weight is 240 g/mol. The first-order chi connectivity index (χ1) is 7.95. The van der Waals surface area contributed by atoms with Crippen molar-refractivity contribution < 1.29 is 14.3 Å². The molecule has 0 aliphatic rings. The fourth-order valence-electron chi connectivity index (χ4n) is 1.42. The van der Waals surface area contributed by atoms with Crippen LogP contribution in [0.3, 0.4) is 0 Å². The van der Waals surface area contributed by atoms with E-state index in [0.717, 1.165) is 0 Å². The number of aromatic nitrogens is 2. The van der Waals surface area contributed by atoms with E-state index in [-0.39, 0.29) is 17.3 Å². The number of aryl methyl sites for hydroxylation is 1. The van der Waals surface area contributed by atoms with Crippen LogP contribution < -0.4 is 11.1 Å². The first kappa shape index (κ1) is 13.2. The van der Waals surface area contributed by atoms with Gasteiger partial charge in [-0.25, -0.2) is 0 Å². The highest BCUT2D eigenvalue weighted by Gasteiger charge is 2.20. The number of nitrogens with one attached hydrogen (secondary N) is 1. The van der Waals surface area contributed by atoms with Gasteiger partial charge in [-0.15, -0.1) is 0 Å². The molecule has 2 amide bonds. The molecule has 0 aliphatic heterocycles. The van der Waals surface area contributed by atoms with E-state index in [1.807, 2.05) is 0 Å². The Morgan fingerprint density at radius 3 is 2.82 bits per heavy atom. The molecular weight excluding hydrogens is 224 g/mol. The zero-order valence-corrected chi connectivity index (χ0v) is 10.1. The standard InChI is InChI=1S/C10H16N4O3/c1-6(5-17-3)12-10(16)8-7(9(11)15)4-14(2)13-8/h4,6H,5H2,1-3H3,(H2,11,15)(H,12,16). The number of hydrogen-bond acceptors (Lipinski definition) is 4. The Balaban J connectivity index is 2.85. The summed E-state index contributed by atoms with van der Waals surface area (Å²) in [4.78, 5) is 22.9. The second kappa shape index (κ2) is 5.44. The minimum absolute atomic E-state index is 0.0305. The van der Waals surface area contributed by atoms with Crippen molar-refractivity contribution in [2.24, 2.45) is 12.8 Å². The van der Waals surface area contributed by atoms with Crippen LogP contribution in [-0.2, 0) is 11.8 Å². The van der Waals surface area contributed by atoms with Crippen molar-refractivity contribution in [1.82, 2.24) is 15.1 Å². The third kappa shape index (κ3) is 3.28. The van der Waals surface area contributed by atoms with Gasteiger partial charge in [0.1, 0.15) is 0 Å². The van der Waals surface area contributed by atoms with Gasteiger partial charge < -0.3 is 15.8 Å². The molecule has 0 saturated heterocycles. The van der Waals surface area contributed by atoms with E-state index in [1.165, 1.54) is 18.0 Å². The zero-order valence-electron chi connectivity index (χ0n) is 10.1.